The summed E-state index contributed by atoms with van der Waals surface area (Å²) < 4.78 is 6.81. The highest BCUT2D eigenvalue weighted by atomic mass is 16.5. The number of benzene rings is 1. The summed E-state index contributed by atoms with van der Waals surface area (Å²) in [6.45, 7) is 4.37. The van der Waals surface area contributed by atoms with Crippen molar-refractivity contribution in [3.63, 3.8) is 0 Å². The Morgan fingerprint density at radius 1 is 1.21 bits per heavy atom. The van der Waals surface area contributed by atoms with Crippen LogP contribution >= 0.6 is 0 Å². The summed E-state index contributed by atoms with van der Waals surface area (Å²) in [7, 11) is 0. The zero-order chi connectivity index (χ0) is 20.5. The molecule has 1 N–H and O–H groups in total. The molecule has 1 saturated heterocycles. The fraction of sp³-hybridized carbons (Fsp3) is 0.250. The Kier molecular flexibility index (Phi) is 4.71. The van der Waals surface area contributed by atoms with Gasteiger partial charge in [-0.3, -0.25) is 9.48 Å². The van der Waals surface area contributed by atoms with Crippen molar-refractivity contribution in [2.75, 3.05) is 11.4 Å². The Labute approximate surface area is 167 Å². The molecule has 0 atom stereocenters. The van der Waals surface area contributed by atoms with Crippen LogP contribution in [-0.4, -0.2) is 44.5 Å². The van der Waals surface area contributed by atoms with E-state index in [9.17, 15) is 9.59 Å². The Hall–Kier alpha value is -3.75. The first-order valence-corrected chi connectivity index (χ1v) is 9.12. The van der Waals surface area contributed by atoms with Crippen LogP contribution in [0.15, 0.2) is 41.2 Å². The number of imide groups is 1. The maximum atomic E-state index is 12.9. The number of urea groups is 1. The maximum absolute atomic E-state index is 12.9. The van der Waals surface area contributed by atoms with Crippen LogP contribution in [-0.2, 0) is 17.9 Å². The van der Waals surface area contributed by atoms with Gasteiger partial charge in [-0.2, -0.15) is 5.10 Å². The van der Waals surface area contributed by atoms with E-state index in [2.05, 4.69) is 10.3 Å². The van der Waals surface area contributed by atoms with Crippen molar-refractivity contribution in [1.29, 1.82) is 5.41 Å². The largest absolute Gasteiger partial charge is 0.361 e. The summed E-state index contributed by atoms with van der Waals surface area (Å²) in [5.41, 5.74) is 3.67. The first-order valence-electron chi connectivity index (χ1n) is 9.12. The second-order valence-electron chi connectivity index (χ2n) is 6.91. The van der Waals surface area contributed by atoms with Crippen LogP contribution in [0.3, 0.4) is 0 Å². The van der Waals surface area contributed by atoms with Gasteiger partial charge in [0.1, 0.15) is 12.3 Å². The molecule has 0 aliphatic carbocycles. The molecule has 1 aliphatic rings. The minimum atomic E-state index is -0.397. The summed E-state index contributed by atoms with van der Waals surface area (Å²) in [4.78, 5) is 28.0. The number of carbonyl (C=O) groups is 2. The van der Waals surface area contributed by atoms with E-state index >= 15 is 0 Å². The van der Waals surface area contributed by atoms with Crippen molar-refractivity contribution in [2.24, 2.45) is 0 Å². The monoisotopic (exact) mass is 392 g/mol. The predicted octanol–water partition coefficient (Wildman–Crippen LogP) is 2.50. The molecule has 29 heavy (non-hydrogen) atoms. The van der Waals surface area contributed by atoms with E-state index in [1.807, 2.05) is 32.0 Å². The number of amides is 3. The molecule has 0 bridgehead atoms. The molecule has 3 amide bonds. The van der Waals surface area contributed by atoms with E-state index < -0.39 is 6.03 Å². The predicted molar refractivity (Wildman–Crippen MR) is 105 cm³/mol. The van der Waals surface area contributed by atoms with Crippen molar-refractivity contribution in [2.45, 2.75) is 26.9 Å². The number of nitrogens with zero attached hydrogens (tertiary/aromatic N) is 5. The van der Waals surface area contributed by atoms with E-state index in [-0.39, 0.29) is 19.0 Å². The van der Waals surface area contributed by atoms with Crippen LogP contribution < -0.4 is 4.90 Å². The number of rotatable bonds is 6. The molecule has 2 aromatic heterocycles. The van der Waals surface area contributed by atoms with Crippen molar-refractivity contribution in [1.82, 2.24) is 19.8 Å². The molecule has 0 unspecified atom stereocenters. The van der Waals surface area contributed by atoms with Crippen LogP contribution in [0.25, 0.3) is 0 Å². The number of anilines is 1. The highest BCUT2D eigenvalue weighted by Crippen LogP contribution is 2.24. The molecule has 0 saturated carbocycles. The lowest BCUT2D eigenvalue weighted by molar-refractivity contribution is -0.116. The van der Waals surface area contributed by atoms with Gasteiger partial charge in [0.25, 0.3) is 5.91 Å². The summed E-state index contributed by atoms with van der Waals surface area (Å²) in [6.07, 6.45) is 4.41. The van der Waals surface area contributed by atoms with Gasteiger partial charge in [-0.05, 0) is 25.0 Å². The van der Waals surface area contributed by atoms with Crippen molar-refractivity contribution in [3.8, 4) is 0 Å². The zero-order valence-corrected chi connectivity index (χ0v) is 16.1. The third-order valence-corrected chi connectivity index (χ3v) is 4.99. The molecular weight excluding hydrogens is 372 g/mol. The SMILES string of the molecule is Cc1noc(C)c1Cn1cc(N2C(=O)CN(Cc3ccccc3C=N)C2=O)cn1. The summed E-state index contributed by atoms with van der Waals surface area (Å²) in [5.74, 6) is 0.406. The molecule has 3 heterocycles. The number of carbonyl (C=O) groups excluding carboxylic acids is 2. The third kappa shape index (κ3) is 3.42. The smallest absolute Gasteiger partial charge is 0.332 e. The Bertz CT molecular complexity index is 1080. The van der Waals surface area contributed by atoms with Gasteiger partial charge in [0.2, 0.25) is 0 Å². The molecule has 148 valence electrons. The van der Waals surface area contributed by atoms with Gasteiger partial charge >= 0.3 is 6.03 Å². The van der Waals surface area contributed by atoms with Gasteiger partial charge in [0.05, 0.1) is 24.1 Å². The lowest BCUT2D eigenvalue weighted by atomic mass is 10.1. The van der Waals surface area contributed by atoms with Crippen LogP contribution in [0.2, 0.25) is 0 Å². The van der Waals surface area contributed by atoms with Gasteiger partial charge < -0.3 is 14.8 Å². The second-order valence-corrected chi connectivity index (χ2v) is 6.91. The normalized spacial score (nSPS) is 14.1. The van der Waals surface area contributed by atoms with Crippen molar-refractivity contribution >= 4 is 23.8 Å². The third-order valence-electron chi connectivity index (χ3n) is 4.99. The molecule has 1 aliphatic heterocycles. The number of aryl methyl sites for hydroxylation is 2. The second kappa shape index (κ2) is 7.34. The summed E-state index contributed by atoms with van der Waals surface area (Å²) in [5, 5.41) is 15.7. The standard InChI is InChI=1S/C20H20N6O3/c1-13-18(14(2)29-23-13)11-25-10-17(8-22-25)26-19(27)12-24(20(26)28)9-16-6-4-3-5-15(16)7-21/h3-8,10,21H,9,11-12H2,1-2H3. The lowest BCUT2D eigenvalue weighted by Crippen LogP contribution is -2.32. The topological polar surface area (TPSA) is 108 Å². The molecule has 1 aromatic carbocycles. The Morgan fingerprint density at radius 2 is 2.00 bits per heavy atom. The molecule has 9 nitrogen and oxygen atoms in total. The number of hydrogen-bond acceptors (Lipinski definition) is 6. The van der Waals surface area contributed by atoms with E-state index in [4.69, 9.17) is 9.93 Å². The summed E-state index contributed by atoms with van der Waals surface area (Å²) in [6, 6.07) is 6.94. The van der Waals surface area contributed by atoms with E-state index in [0.29, 0.717) is 18.0 Å². The first-order chi connectivity index (χ1) is 14.0. The van der Waals surface area contributed by atoms with Gasteiger partial charge in [-0.25, -0.2) is 9.69 Å². The highest BCUT2D eigenvalue weighted by Gasteiger charge is 2.38. The minimum Gasteiger partial charge on any atom is -0.361 e. The fourth-order valence-corrected chi connectivity index (χ4v) is 3.40. The van der Waals surface area contributed by atoms with Gasteiger partial charge in [-0.15, -0.1) is 0 Å². The molecule has 1 fully saturated rings. The average molecular weight is 392 g/mol. The molecular formula is C20H20N6O3. The minimum absolute atomic E-state index is 0.0137. The molecule has 0 spiro atoms. The number of nitrogens with one attached hydrogen (secondary N) is 1. The Balaban J connectivity index is 1.52. The van der Waals surface area contributed by atoms with Crippen LogP contribution in [0, 0.1) is 19.3 Å². The molecule has 9 heteroatoms. The summed E-state index contributed by atoms with van der Waals surface area (Å²) >= 11 is 0. The fourth-order valence-electron chi connectivity index (χ4n) is 3.40. The van der Waals surface area contributed by atoms with Crippen LogP contribution in [0.5, 0.6) is 0 Å². The van der Waals surface area contributed by atoms with Crippen molar-refractivity contribution < 1.29 is 14.1 Å². The lowest BCUT2D eigenvalue weighted by Gasteiger charge is -2.17. The number of aromatic nitrogens is 3. The van der Waals surface area contributed by atoms with Crippen molar-refractivity contribution in [3.05, 3.63) is 64.8 Å². The van der Waals surface area contributed by atoms with Crippen LogP contribution in [0.1, 0.15) is 28.1 Å². The van der Waals surface area contributed by atoms with Crippen LogP contribution in [0.4, 0.5) is 10.5 Å². The van der Waals surface area contributed by atoms with Gasteiger partial charge in [-0.1, -0.05) is 29.4 Å². The zero-order valence-electron chi connectivity index (χ0n) is 16.1. The maximum Gasteiger partial charge on any atom is 0.332 e. The molecule has 0 radical (unpaired) electrons. The highest BCUT2D eigenvalue weighted by molar-refractivity contribution is 6.19. The molecule has 3 aromatic rings. The van der Waals surface area contributed by atoms with E-state index in [1.165, 1.54) is 17.3 Å². The van der Waals surface area contributed by atoms with Gasteiger partial charge in [0, 0.05) is 24.5 Å². The quantitative estimate of drug-likeness (QED) is 0.512. The average Bonchev–Trinajstić information content (AvgIpc) is 3.37. The Morgan fingerprint density at radius 3 is 2.72 bits per heavy atom. The van der Waals surface area contributed by atoms with E-state index in [0.717, 1.165) is 27.3 Å². The van der Waals surface area contributed by atoms with Gasteiger partial charge in [0.15, 0.2) is 0 Å². The van der Waals surface area contributed by atoms with E-state index in [1.54, 1.807) is 16.9 Å². The first kappa shape index (κ1) is 18.6. The number of hydrogen-bond donors (Lipinski definition) is 1. The molecule has 4 rings (SSSR count).